The second kappa shape index (κ2) is 10.8. The molecule has 1 aromatic heterocycles. The minimum atomic E-state index is -2.94. The molecule has 1 aromatic rings. The highest BCUT2D eigenvalue weighted by atomic mass is 19.3. The molecule has 8 heteroatoms. The van der Waals surface area contributed by atoms with Crippen molar-refractivity contribution in [2.75, 3.05) is 38.1 Å². The fourth-order valence-electron chi connectivity index (χ4n) is 3.26. The number of hydrogen-bond acceptors (Lipinski definition) is 4. The average molecular weight is 432 g/mol. The first-order chi connectivity index (χ1) is 14.7. The lowest BCUT2D eigenvalue weighted by Crippen LogP contribution is -2.51. The Labute approximate surface area is 183 Å². The van der Waals surface area contributed by atoms with Gasteiger partial charge in [-0.25, -0.2) is 18.8 Å². The molecule has 2 heterocycles. The Balaban J connectivity index is 2.32. The summed E-state index contributed by atoms with van der Waals surface area (Å²) in [7, 11) is 1.84. The zero-order chi connectivity index (χ0) is 23.0. The molecule has 0 unspecified atom stereocenters. The first kappa shape index (κ1) is 24.2. The van der Waals surface area contributed by atoms with E-state index in [9.17, 15) is 13.6 Å². The molecule has 0 aliphatic carbocycles. The van der Waals surface area contributed by atoms with Gasteiger partial charge >= 0.3 is 0 Å². The van der Waals surface area contributed by atoms with E-state index >= 15 is 0 Å². The maximum absolute atomic E-state index is 13.6. The second-order valence-electron chi connectivity index (χ2n) is 7.30. The number of alkyl halides is 2. The number of aliphatic imine (C=N–C) groups is 1. The number of rotatable bonds is 7. The average Bonchev–Trinajstić information content (AvgIpc) is 2.77. The van der Waals surface area contributed by atoms with Gasteiger partial charge in [-0.15, -0.1) is 0 Å². The van der Waals surface area contributed by atoms with Crippen molar-refractivity contribution in [1.29, 1.82) is 0 Å². The molecule has 1 aliphatic rings. The minimum Gasteiger partial charge on any atom is -0.351 e. The van der Waals surface area contributed by atoms with Gasteiger partial charge in [-0.1, -0.05) is 25.7 Å². The zero-order valence-electron chi connectivity index (χ0n) is 18.7. The summed E-state index contributed by atoms with van der Waals surface area (Å²) >= 11 is 0. The maximum Gasteiger partial charge on any atom is 0.272 e. The van der Waals surface area contributed by atoms with Crippen LogP contribution in [0, 0.1) is 0 Å². The predicted octanol–water partition coefficient (Wildman–Crippen LogP) is 4.19. The highest BCUT2D eigenvalue weighted by Gasteiger charge is 2.27. The van der Waals surface area contributed by atoms with Crippen molar-refractivity contribution in [3.05, 3.63) is 60.6 Å². The molecule has 1 aliphatic heterocycles. The minimum absolute atomic E-state index is 0.0787. The summed E-state index contributed by atoms with van der Waals surface area (Å²) in [5.74, 6) is -1.72. The van der Waals surface area contributed by atoms with Gasteiger partial charge in [0.15, 0.2) is 5.84 Å². The molecule has 0 saturated carbocycles. The number of nitrogens with zero attached hydrogens (tertiary/aromatic N) is 5. The number of amidine groups is 1. The molecule has 0 bridgehead atoms. The summed E-state index contributed by atoms with van der Waals surface area (Å²) in [5.41, 5.74) is 0.698. The molecule has 0 atom stereocenters. The van der Waals surface area contributed by atoms with Crippen molar-refractivity contribution in [2.24, 2.45) is 4.99 Å². The van der Waals surface area contributed by atoms with Crippen LogP contribution in [0.3, 0.4) is 0 Å². The number of aromatic nitrogens is 1. The van der Waals surface area contributed by atoms with E-state index in [0.717, 1.165) is 24.9 Å². The summed E-state index contributed by atoms with van der Waals surface area (Å²) in [6.45, 7) is 10.7. The fraction of sp³-hybridized carbons (Fsp3) is 0.435. The lowest BCUT2D eigenvalue weighted by Gasteiger charge is -2.38. The SMILES string of the molecule is C=CC(=O)N1CCN(C(=N\C=C/C)/C(=C/CC)N(C)c2ccc(C(C)(F)F)cn2)CC1. The summed E-state index contributed by atoms with van der Waals surface area (Å²) in [5, 5.41) is 0. The number of likely N-dealkylation sites (N-methyl/N-ethyl adjacent to an activating group) is 1. The molecule has 0 radical (unpaired) electrons. The number of anilines is 1. The van der Waals surface area contributed by atoms with E-state index in [4.69, 9.17) is 0 Å². The zero-order valence-corrected chi connectivity index (χ0v) is 18.7. The van der Waals surface area contributed by atoms with Gasteiger partial charge in [-0.3, -0.25) is 4.79 Å². The Morgan fingerprint density at radius 3 is 2.42 bits per heavy atom. The molecule has 1 fully saturated rings. The van der Waals surface area contributed by atoms with Crippen LogP contribution in [-0.4, -0.2) is 59.8 Å². The van der Waals surface area contributed by atoms with Crippen molar-refractivity contribution in [3.63, 3.8) is 0 Å². The van der Waals surface area contributed by atoms with E-state index in [1.54, 1.807) is 17.2 Å². The molecule has 0 N–H and O–H groups in total. The van der Waals surface area contributed by atoms with Crippen LogP contribution in [0.5, 0.6) is 0 Å². The number of halogens is 2. The van der Waals surface area contributed by atoms with Crippen LogP contribution in [0.4, 0.5) is 14.6 Å². The molecule has 0 aromatic carbocycles. The van der Waals surface area contributed by atoms with Crippen LogP contribution in [0.15, 0.2) is 60.0 Å². The number of carbonyl (C=O) groups is 1. The molecule has 2 rings (SSSR count). The highest BCUT2D eigenvalue weighted by Crippen LogP contribution is 2.28. The van der Waals surface area contributed by atoms with Gasteiger partial charge < -0.3 is 14.7 Å². The van der Waals surface area contributed by atoms with Gasteiger partial charge in [0, 0.05) is 58.1 Å². The maximum atomic E-state index is 13.6. The monoisotopic (exact) mass is 431 g/mol. The lowest BCUT2D eigenvalue weighted by atomic mass is 10.1. The van der Waals surface area contributed by atoms with Gasteiger partial charge in [-0.2, -0.15) is 0 Å². The van der Waals surface area contributed by atoms with Crippen LogP contribution in [-0.2, 0) is 10.7 Å². The third-order valence-corrected chi connectivity index (χ3v) is 5.00. The van der Waals surface area contributed by atoms with Gasteiger partial charge in [0.1, 0.15) is 5.82 Å². The van der Waals surface area contributed by atoms with Crippen LogP contribution in [0.2, 0.25) is 0 Å². The summed E-state index contributed by atoms with van der Waals surface area (Å²) < 4.78 is 27.1. The van der Waals surface area contributed by atoms with E-state index in [2.05, 4.69) is 21.5 Å². The molecule has 31 heavy (non-hydrogen) atoms. The third kappa shape index (κ3) is 6.23. The molecule has 6 nitrogen and oxygen atoms in total. The Morgan fingerprint density at radius 2 is 1.94 bits per heavy atom. The number of pyridine rings is 1. The van der Waals surface area contributed by atoms with Crippen molar-refractivity contribution in [2.45, 2.75) is 33.1 Å². The van der Waals surface area contributed by atoms with E-state index < -0.39 is 5.92 Å². The quantitative estimate of drug-likeness (QED) is 0.369. The van der Waals surface area contributed by atoms with Crippen LogP contribution >= 0.6 is 0 Å². The standard InChI is InChI=1S/C23H31F2N5O/c1-6-9-19(28(5)20-11-10-18(17-27-20)23(4,24)25)22(26-12-7-2)30-15-13-29(14-16-30)21(31)8-3/h7-12,17H,3,6,13-16H2,1-2,4-5H3/b12-7-,19-9-,26-22-. The van der Waals surface area contributed by atoms with E-state index in [0.29, 0.717) is 32.0 Å². The number of piperazine rings is 1. The molecule has 168 valence electrons. The van der Waals surface area contributed by atoms with E-state index in [1.165, 1.54) is 18.3 Å². The first-order valence-corrected chi connectivity index (χ1v) is 10.4. The number of allylic oxidation sites excluding steroid dienone is 2. The number of hydrogen-bond donors (Lipinski definition) is 0. The molecule has 1 amide bonds. The highest BCUT2D eigenvalue weighted by molar-refractivity contribution is 6.01. The normalized spacial score (nSPS) is 16.1. The first-order valence-electron chi connectivity index (χ1n) is 10.4. The number of carbonyl (C=O) groups excluding carboxylic acids is 1. The van der Waals surface area contributed by atoms with Crippen LogP contribution in [0.1, 0.15) is 32.8 Å². The number of amides is 1. The Morgan fingerprint density at radius 1 is 1.29 bits per heavy atom. The Kier molecular flexibility index (Phi) is 8.47. The topological polar surface area (TPSA) is 52.0 Å². The van der Waals surface area contributed by atoms with Crippen molar-refractivity contribution >= 4 is 17.6 Å². The molecule has 1 saturated heterocycles. The van der Waals surface area contributed by atoms with Crippen LogP contribution < -0.4 is 4.90 Å². The van der Waals surface area contributed by atoms with Gasteiger partial charge in [0.2, 0.25) is 5.91 Å². The smallest absolute Gasteiger partial charge is 0.272 e. The van der Waals surface area contributed by atoms with Crippen molar-refractivity contribution in [3.8, 4) is 0 Å². The van der Waals surface area contributed by atoms with Crippen molar-refractivity contribution < 1.29 is 13.6 Å². The summed E-state index contributed by atoms with van der Waals surface area (Å²) in [6, 6.07) is 2.98. The molecular formula is C23H31F2N5O. The van der Waals surface area contributed by atoms with E-state index in [-0.39, 0.29) is 11.5 Å². The molecular weight excluding hydrogens is 400 g/mol. The third-order valence-electron chi connectivity index (χ3n) is 5.00. The van der Waals surface area contributed by atoms with Gasteiger partial charge in [0.25, 0.3) is 5.92 Å². The van der Waals surface area contributed by atoms with Crippen molar-refractivity contribution in [1.82, 2.24) is 14.8 Å². The Bertz CT molecular complexity index is 848. The summed E-state index contributed by atoms with van der Waals surface area (Å²) in [6.07, 6.45) is 8.90. The summed E-state index contributed by atoms with van der Waals surface area (Å²) in [4.78, 5) is 26.6. The Hall–Kier alpha value is -3.03. The van der Waals surface area contributed by atoms with Crippen LogP contribution in [0.25, 0.3) is 0 Å². The van der Waals surface area contributed by atoms with E-state index in [1.807, 2.05) is 37.9 Å². The predicted molar refractivity (Wildman–Crippen MR) is 121 cm³/mol. The van der Waals surface area contributed by atoms with Gasteiger partial charge in [0.05, 0.1) is 5.70 Å². The van der Waals surface area contributed by atoms with Gasteiger partial charge in [-0.05, 0) is 31.6 Å². The largest absolute Gasteiger partial charge is 0.351 e. The second-order valence-corrected chi connectivity index (χ2v) is 7.30. The molecule has 0 spiro atoms. The fourth-order valence-corrected chi connectivity index (χ4v) is 3.26. The lowest BCUT2D eigenvalue weighted by molar-refractivity contribution is -0.127.